The lowest BCUT2D eigenvalue weighted by molar-refractivity contribution is -0.274. The molecule has 1 aliphatic rings. The van der Waals surface area contributed by atoms with Gasteiger partial charge in [-0.25, -0.2) is 8.42 Å². The number of anilines is 2. The quantitative estimate of drug-likeness (QED) is 0.786. The van der Waals surface area contributed by atoms with Crippen LogP contribution in [0.4, 0.5) is 24.5 Å². The minimum atomic E-state index is -4.83. The molecule has 0 unspecified atom stereocenters. The average molecular weight is 442 g/mol. The van der Waals surface area contributed by atoms with Crippen LogP contribution < -0.4 is 15.0 Å². The summed E-state index contributed by atoms with van der Waals surface area (Å²) < 4.78 is 65.7. The van der Waals surface area contributed by atoms with Crippen molar-refractivity contribution in [1.29, 1.82) is 0 Å². The van der Waals surface area contributed by atoms with Gasteiger partial charge in [-0.05, 0) is 43.3 Å². The summed E-state index contributed by atoms with van der Waals surface area (Å²) in [5, 5.41) is 1.52. The molecular weight excluding hydrogens is 425 g/mol. The normalized spacial score (nSPS) is 18.3. The third kappa shape index (κ3) is 4.73. The van der Waals surface area contributed by atoms with Crippen LogP contribution in [-0.4, -0.2) is 38.4 Å². The summed E-state index contributed by atoms with van der Waals surface area (Å²) in [6, 6.07) is 10.4. The smallest absolute Gasteiger partial charge is 0.406 e. The Morgan fingerprint density at radius 1 is 1.17 bits per heavy atom. The Hall–Kier alpha value is -3.08. The number of ether oxygens (including phenoxy) is 1. The van der Waals surface area contributed by atoms with E-state index < -0.39 is 45.6 Å². The van der Waals surface area contributed by atoms with E-state index in [2.05, 4.69) is 10.1 Å². The van der Waals surface area contributed by atoms with Crippen LogP contribution in [0.25, 0.3) is 0 Å². The Bertz CT molecular complexity index is 1070. The lowest BCUT2D eigenvalue weighted by Gasteiger charge is -2.22. The first-order valence-corrected chi connectivity index (χ1v) is 10.3. The number of nitrogens with one attached hydrogen (secondary N) is 1. The van der Waals surface area contributed by atoms with Crippen LogP contribution in [0.15, 0.2) is 53.4 Å². The number of carbonyl (C=O) groups excluding carboxylic acids is 2. The zero-order valence-corrected chi connectivity index (χ0v) is 16.5. The van der Waals surface area contributed by atoms with E-state index in [4.69, 9.17) is 0 Å². The minimum absolute atomic E-state index is 0.0372. The van der Waals surface area contributed by atoms with Gasteiger partial charge in [-0.15, -0.1) is 13.2 Å². The largest absolute Gasteiger partial charge is 0.573 e. The highest BCUT2D eigenvalue weighted by Crippen LogP contribution is 2.33. The predicted molar refractivity (Wildman–Crippen MR) is 102 cm³/mol. The number of rotatable bonds is 4. The van der Waals surface area contributed by atoms with Gasteiger partial charge in [-0.1, -0.05) is 12.1 Å². The number of benzene rings is 2. The molecule has 0 aliphatic carbocycles. The Kier molecular flexibility index (Phi) is 5.75. The summed E-state index contributed by atoms with van der Waals surface area (Å²) in [4.78, 5) is 26.1. The predicted octanol–water partition coefficient (Wildman–Crippen LogP) is 3.12. The number of halogens is 3. The van der Waals surface area contributed by atoms with Crippen molar-refractivity contribution >= 4 is 33.0 Å². The van der Waals surface area contributed by atoms with Crippen LogP contribution in [-0.2, 0) is 19.4 Å². The van der Waals surface area contributed by atoms with Crippen LogP contribution in [0.2, 0.25) is 0 Å². The monoisotopic (exact) mass is 442 g/mol. The van der Waals surface area contributed by atoms with Gasteiger partial charge in [0.05, 0.1) is 15.8 Å². The number of amides is 2. The number of para-hydroxylation sites is 1. The fraction of sp³-hybridized carbons (Fsp3) is 0.263. The van der Waals surface area contributed by atoms with E-state index in [9.17, 15) is 31.2 Å². The minimum Gasteiger partial charge on any atom is -0.406 e. The zero-order chi connectivity index (χ0) is 22.1. The molecule has 2 aromatic carbocycles. The van der Waals surface area contributed by atoms with Gasteiger partial charge in [0.15, 0.2) is 9.84 Å². The SMILES string of the molecule is C[C@@H]1CC(=O)N(CC(=O)Nc2ccc(OC(F)(F)F)cc2)c2ccccc2S1(=O)=O. The Labute approximate surface area is 170 Å². The first kappa shape index (κ1) is 21.6. The van der Waals surface area contributed by atoms with Crippen LogP contribution in [0, 0.1) is 0 Å². The molecular formula is C19H17F3N2O5S. The molecule has 0 saturated carbocycles. The van der Waals surface area contributed by atoms with Gasteiger partial charge >= 0.3 is 6.36 Å². The maximum Gasteiger partial charge on any atom is 0.573 e. The molecule has 1 N–H and O–H groups in total. The number of hydrogen-bond acceptors (Lipinski definition) is 5. The van der Waals surface area contributed by atoms with Crippen LogP contribution in [0.3, 0.4) is 0 Å². The summed E-state index contributed by atoms with van der Waals surface area (Å²) >= 11 is 0. The van der Waals surface area contributed by atoms with E-state index in [1.165, 1.54) is 37.3 Å². The lowest BCUT2D eigenvalue weighted by Crippen LogP contribution is -2.38. The molecule has 1 aliphatic heterocycles. The van der Waals surface area contributed by atoms with Crippen LogP contribution >= 0.6 is 0 Å². The lowest BCUT2D eigenvalue weighted by atomic mass is 10.2. The molecule has 0 saturated heterocycles. The topological polar surface area (TPSA) is 92.8 Å². The van der Waals surface area contributed by atoms with Crippen molar-refractivity contribution in [3.63, 3.8) is 0 Å². The highest BCUT2D eigenvalue weighted by molar-refractivity contribution is 7.92. The van der Waals surface area contributed by atoms with Gasteiger partial charge in [0.25, 0.3) is 0 Å². The van der Waals surface area contributed by atoms with Crippen molar-refractivity contribution in [3.8, 4) is 5.75 Å². The second kappa shape index (κ2) is 7.98. The molecule has 0 radical (unpaired) electrons. The molecule has 1 heterocycles. The van der Waals surface area contributed by atoms with Gasteiger partial charge in [0.1, 0.15) is 12.3 Å². The number of carbonyl (C=O) groups is 2. The average Bonchev–Trinajstić information content (AvgIpc) is 2.72. The highest BCUT2D eigenvalue weighted by atomic mass is 32.2. The zero-order valence-electron chi connectivity index (χ0n) is 15.6. The second-order valence-corrected chi connectivity index (χ2v) is 8.96. The molecule has 3 rings (SSSR count). The molecule has 1 atom stereocenters. The fourth-order valence-electron chi connectivity index (χ4n) is 3.00. The van der Waals surface area contributed by atoms with E-state index in [0.717, 1.165) is 17.0 Å². The molecule has 11 heteroatoms. The summed E-state index contributed by atoms with van der Waals surface area (Å²) in [5.41, 5.74) is 0.294. The Morgan fingerprint density at radius 2 is 1.80 bits per heavy atom. The molecule has 7 nitrogen and oxygen atoms in total. The van der Waals surface area contributed by atoms with Crippen LogP contribution in [0.5, 0.6) is 5.75 Å². The van der Waals surface area contributed by atoms with E-state index in [-0.39, 0.29) is 22.7 Å². The molecule has 160 valence electrons. The summed E-state index contributed by atoms with van der Waals surface area (Å²) in [7, 11) is -3.74. The number of sulfone groups is 1. The number of hydrogen-bond donors (Lipinski definition) is 1. The molecule has 30 heavy (non-hydrogen) atoms. The van der Waals surface area contributed by atoms with Gasteiger partial charge in [0.2, 0.25) is 11.8 Å². The summed E-state index contributed by atoms with van der Waals surface area (Å²) in [6.45, 7) is 0.969. The third-order valence-corrected chi connectivity index (χ3v) is 6.61. The van der Waals surface area contributed by atoms with E-state index in [1.54, 1.807) is 6.07 Å². The molecule has 0 aromatic heterocycles. The van der Waals surface area contributed by atoms with Gasteiger partial charge in [-0.3, -0.25) is 9.59 Å². The Morgan fingerprint density at radius 3 is 2.43 bits per heavy atom. The first-order valence-electron chi connectivity index (χ1n) is 8.76. The van der Waals surface area contributed by atoms with Crippen molar-refractivity contribution < 1.29 is 35.9 Å². The van der Waals surface area contributed by atoms with Crippen molar-refractivity contribution in [2.45, 2.75) is 29.9 Å². The summed E-state index contributed by atoms with van der Waals surface area (Å²) in [6.07, 6.45) is -5.11. The van der Waals surface area contributed by atoms with Gasteiger partial charge in [-0.2, -0.15) is 0 Å². The number of nitrogens with zero attached hydrogens (tertiary/aromatic N) is 1. The van der Waals surface area contributed by atoms with E-state index in [0.29, 0.717) is 0 Å². The highest BCUT2D eigenvalue weighted by Gasteiger charge is 2.36. The van der Waals surface area contributed by atoms with E-state index >= 15 is 0 Å². The van der Waals surface area contributed by atoms with Crippen molar-refractivity contribution in [3.05, 3.63) is 48.5 Å². The Balaban J connectivity index is 1.78. The molecule has 0 fully saturated rings. The van der Waals surface area contributed by atoms with Crippen LogP contribution in [0.1, 0.15) is 13.3 Å². The van der Waals surface area contributed by atoms with E-state index in [1.807, 2.05) is 0 Å². The number of alkyl halides is 3. The number of fused-ring (bicyclic) bond motifs is 1. The maximum absolute atomic E-state index is 12.7. The summed E-state index contributed by atoms with van der Waals surface area (Å²) in [5.74, 6) is -1.62. The second-order valence-electron chi connectivity index (χ2n) is 6.63. The first-order chi connectivity index (χ1) is 14.0. The van der Waals surface area contributed by atoms with Gasteiger partial charge in [0, 0.05) is 12.1 Å². The maximum atomic E-state index is 12.7. The molecule has 2 amide bonds. The fourth-order valence-corrected chi connectivity index (χ4v) is 4.53. The van der Waals surface area contributed by atoms with Crippen molar-refractivity contribution in [1.82, 2.24) is 0 Å². The van der Waals surface area contributed by atoms with Crippen molar-refractivity contribution in [2.75, 3.05) is 16.8 Å². The standard InChI is InChI=1S/C19H17F3N2O5S/c1-12-10-18(26)24(15-4-2-3-5-16(15)30(12,27)28)11-17(25)23-13-6-8-14(9-7-13)29-19(20,21)22/h2-9,12H,10-11H2,1H3,(H,23,25)/t12-/m1/s1. The molecule has 0 spiro atoms. The van der Waals surface area contributed by atoms with Crippen molar-refractivity contribution in [2.24, 2.45) is 0 Å². The van der Waals surface area contributed by atoms with Gasteiger partial charge < -0.3 is 15.0 Å². The molecule has 0 bridgehead atoms. The molecule has 2 aromatic rings. The third-order valence-electron chi connectivity index (χ3n) is 4.43.